The van der Waals surface area contributed by atoms with Gasteiger partial charge in [-0.1, -0.05) is 13.8 Å². The summed E-state index contributed by atoms with van der Waals surface area (Å²) >= 11 is 0. The SMILES string of the molecule is CC12CCNCC1(C)C2(F)F.Cl. The predicted octanol–water partition coefficient (Wildman–Crippen LogP) is 2.06. The zero-order chi connectivity index (χ0) is 8.33. The Labute approximate surface area is 77.3 Å². The molecule has 1 aliphatic carbocycles. The Balaban J connectivity index is 0.000000720. The van der Waals surface area contributed by atoms with Crippen LogP contribution in [0.4, 0.5) is 8.78 Å². The first kappa shape index (κ1) is 10.2. The third-order valence-electron chi connectivity index (χ3n) is 3.82. The Kier molecular flexibility index (Phi) is 1.97. The van der Waals surface area contributed by atoms with Crippen LogP contribution in [0.25, 0.3) is 0 Å². The third kappa shape index (κ3) is 0.721. The number of alkyl halides is 2. The molecule has 2 aliphatic rings. The highest BCUT2D eigenvalue weighted by atomic mass is 35.5. The van der Waals surface area contributed by atoms with Crippen LogP contribution in [0.5, 0.6) is 0 Å². The standard InChI is InChI=1S/C8H13F2N.ClH/c1-6-3-4-11-5-7(6,2)8(6,9)10;/h11H,3-5H2,1-2H3;1H. The summed E-state index contributed by atoms with van der Waals surface area (Å²) in [6.07, 6.45) is 0.608. The maximum absolute atomic E-state index is 13.2. The first-order valence-electron chi connectivity index (χ1n) is 4.04. The summed E-state index contributed by atoms with van der Waals surface area (Å²) in [7, 11) is 0. The van der Waals surface area contributed by atoms with Crippen molar-refractivity contribution in [2.45, 2.75) is 26.2 Å². The molecular weight excluding hydrogens is 184 g/mol. The fourth-order valence-corrected chi connectivity index (χ4v) is 2.36. The topological polar surface area (TPSA) is 12.0 Å². The van der Waals surface area contributed by atoms with Crippen LogP contribution in [-0.4, -0.2) is 19.0 Å². The normalized spacial score (nSPS) is 49.0. The van der Waals surface area contributed by atoms with E-state index in [1.165, 1.54) is 0 Å². The van der Waals surface area contributed by atoms with Crippen LogP contribution in [-0.2, 0) is 0 Å². The second-order valence-corrected chi connectivity index (χ2v) is 4.17. The molecule has 0 aromatic carbocycles. The molecule has 1 aliphatic heterocycles. The molecule has 0 amide bonds. The van der Waals surface area contributed by atoms with Gasteiger partial charge in [-0.15, -0.1) is 12.4 Å². The molecule has 4 heteroatoms. The summed E-state index contributed by atoms with van der Waals surface area (Å²) in [4.78, 5) is 0. The Morgan fingerprint density at radius 1 is 1.17 bits per heavy atom. The van der Waals surface area contributed by atoms with E-state index in [-0.39, 0.29) is 12.4 Å². The second kappa shape index (κ2) is 2.32. The van der Waals surface area contributed by atoms with Gasteiger partial charge in [-0.3, -0.25) is 0 Å². The summed E-state index contributed by atoms with van der Waals surface area (Å²) in [5.41, 5.74) is -1.48. The van der Waals surface area contributed by atoms with Crippen molar-refractivity contribution in [2.24, 2.45) is 10.8 Å². The molecule has 2 rings (SSSR count). The van der Waals surface area contributed by atoms with Crippen LogP contribution in [0.2, 0.25) is 0 Å². The highest BCUT2D eigenvalue weighted by Crippen LogP contribution is 2.77. The number of rotatable bonds is 0. The van der Waals surface area contributed by atoms with Gasteiger partial charge < -0.3 is 5.32 Å². The van der Waals surface area contributed by atoms with Crippen molar-refractivity contribution in [1.82, 2.24) is 5.32 Å². The van der Waals surface area contributed by atoms with Crippen molar-refractivity contribution in [3.05, 3.63) is 0 Å². The molecule has 12 heavy (non-hydrogen) atoms. The van der Waals surface area contributed by atoms with E-state index >= 15 is 0 Å². The Morgan fingerprint density at radius 3 is 2.08 bits per heavy atom. The summed E-state index contributed by atoms with van der Waals surface area (Å²) in [5, 5.41) is 3.02. The third-order valence-corrected chi connectivity index (χ3v) is 3.82. The van der Waals surface area contributed by atoms with Gasteiger partial charge in [0.25, 0.3) is 5.92 Å². The molecule has 1 N–H and O–H groups in total. The molecule has 1 nitrogen and oxygen atoms in total. The van der Waals surface area contributed by atoms with Gasteiger partial charge in [0, 0.05) is 12.0 Å². The second-order valence-electron chi connectivity index (χ2n) is 4.17. The van der Waals surface area contributed by atoms with Gasteiger partial charge in [-0.25, -0.2) is 8.78 Å². The van der Waals surface area contributed by atoms with Crippen LogP contribution >= 0.6 is 12.4 Å². The molecule has 1 saturated carbocycles. The molecule has 1 saturated heterocycles. The highest BCUT2D eigenvalue weighted by molar-refractivity contribution is 5.85. The summed E-state index contributed by atoms with van der Waals surface area (Å²) in [5.74, 6) is -2.44. The van der Waals surface area contributed by atoms with E-state index in [0.717, 1.165) is 6.54 Å². The number of halogens is 3. The maximum atomic E-state index is 13.2. The average molecular weight is 198 g/mol. The number of hydrogen-bond donors (Lipinski definition) is 1. The van der Waals surface area contributed by atoms with Gasteiger partial charge in [0.15, 0.2) is 0 Å². The Morgan fingerprint density at radius 2 is 1.75 bits per heavy atom. The van der Waals surface area contributed by atoms with Gasteiger partial charge in [0.1, 0.15) is 0 Å². The lowest BCUT2D eigenvalue weighted by atomic mass is 9.90. The van der Waals surface area contributed by atoms with Crippen molar-refractivity contribution in [3.63, 3.8) is 0 Å². The molecule has 2 unspecified atom stereocenters. The number of nitrogens with one attached hydrogen (secondary N) is 1. The molecule has 0 aromatic rings. The van der Waals surface area contributed by atoms with E-state index < -0.39 is 16.8 Å². The minimum atomic E-state index is -2.44. The van der Waals surface area contributed by atoms with E-state index in [4.69, 9.17) is 0 Å². The van der Waals surface area contributed by atoms with Crippen LogP contribution in [0.3, 0.4) is 0 Å². The van der Waals surface area contributed by atoms with Gasteiger partial charge >= 0.3 is 0 Å². The molecule has 2 atom stereocenters. The minimum absolute atomic E-state index is 0. The summed E-state index contributed by atoms with van der Waals surface area (Å²) in [6.45, 7) is 4.59. The first-order valence-corrected chi connectivity index (χ1v) is 4.04. The van der Waals surface area contributed by atoms with Crippen LogP contribution in [0.1, 0.15) is 20.3 Å². The number of piperidine rings is 1. The first-order chi connectivity index (χ1) is 4.96. The minimum Gasteiger partial charge on any atom is -0.316 e. The average Bonchev–Trinajstić information content (AvgIpc) is 2.28. The fraction of sp³-hybridized carbons (Fsp3) is 1.00. The number of hydrogen-bond acceptors (Lipinski definition) is 1. The monoisotopic (exact) mass is 197 g/mol. The summed E-state index contributed by atoms with van der Waals surface area (Å²) in [6, 6.07) is 0. The number of fused-ring (bicyclic) bond motifs is 1. The van der Waals surface area contributed by atoms with Crippen molar-refractivity contribution >= 4 is 12.4 Å². The largest absolute Gasteiger partial charge is 0.316 e. The van der Waals surface area contributed by atoms with Gasteiger partial charge in [0.2, 0.25) is 0 Å². The zero-order valence-corrected chi connectivity index (χ0v) is 8.10. The lowest BCUT2D eigenvalue weighted by molar-refractivity contribution is 0.0517. The van der Waals surface area contributed by atoms with E-state index in [0.29, 0.717) is 13.0 Å². The molecule has 0 spiro atoms. The molecule has 0 bridgehead atoms. The fourth-order valence-electron chi connectivity index (χ4n) is 2.36. The van der Waals surface area contributed by atoms with Gasteiger partial charge in [-0.05, 0) is 13.0 Å². The molecule has 1 heterocycles. The van der Waals surface area contributed by atoms with Crippen LogP contribution in [0.15, 0.2) is 0 Å². The van der Waals surface area contributed by atoms with Crippen LogP contribution in [0, 0.1) is 10.8 Å². The van der Waals surface area contributed by atoms with Crippen molar-refractivity contribution in [1.29, 1.82) is 0 Å². The van der Waals surface area contributed by atoms with E-state index in [9.17, 15) is 8.78 Å². The molecule has 0 aromatic heterocycles. The van der Waals surface area contributed by atoms with Gasteiger partial charge in [0.05, 0.1) is 5.41 Å². The zero-order valence-electron chi connectivity index (χ0n) is 7.29. The van der Waals surface area contributed by atoms with Crippen molar-refractivity contribution in [2.75, 3.05) is 13.1 Å². The quantitative estimate of drug-likeness (QED) is 0.627. The molecule has 0 radical (unpaired) electrons. The molecular formula is C8H14ClF2N. The van der Waals surface area contributed by atoms with E-state index in [2.05, 4.69) is 5.32 Å². The maximum Gasteiger partial charge on any atom is 0.261 e. The summed E-state index contributed by atoms with van der Waals surface area (Å²) < 4.78 is 26.5. The van der Waals surface area contributed by atoms with E-state index in [1.54, 1.807) is 13.8 Å². The Hall–Kier alpha value is 0.110. The predicted molar refractivity (Wildman–Crippen MR) is 45.9 cm³/mol. The van der Waals surface area contributed by atoms with E-state index in [1.807, 2.05) is 0 Å². The van der Waals surface area contributed by atoms with Crippen molar-refractivity contribution in [3.8, 4) is 0 Å². The molecule has 72 valence electrons. The lowest BCUT2D eigenvalue weighted by Crippen LogP contribution is -2.33. The highest BCUT2D eigenvalue weighted by Gasteiger charge is 2.86. The van der Waals surface area contributed by atoms with Crippen LogP contribution < -0.4 is 5.32 Å². The van der Waals surface area contributed by atoms with Gasteiger partial charge in [-0.2, -0.15) is 0 Å². The smallest absolute Gasteiger partial charge is 0.261 e. The van der Waals surface area contributed by atoms with Crippen molar-refractivity contribution < 1.29 is 8.78 Å². The lowest BCUT2D eigenvalue weighted by Gasteiger charge is -2.21. The Bertz CT molecular complexity index is 189. The molecule has 2 fully saturated rings.